The third kappa shape index (κ3) is 1.85. The van der Waals surface area contributed by atoms with Gasteiger partial charge in [-0.1, -0.05) is 0 Å². The van der Waals surface area contributed by atoms with E-state index in [0.29, 0.717) is 11.8 Å². The largest absolute Gasteiger partial charge is 0.497 e. The van der Waals surface area contributed by atoms with Crippen molar-refractivity contribution in [3.63, 3.8) is 0 Å². The number of carbonyl (C=O) groups is 1. The Balaban J connectivity index is 2.00. The van der Waals surface area contributed by atoms with E-state index in [-0.39, 0.29) is 18.0 Å². The summed E-state index contributed by atoms with van der Waals surface area (Å²) in [4.78, 5) is 13.8. The number of amides is 1. The molecule has 0 aromatic heterocycles. The number of methoxy groups -OCH3 is 2. The molecule has 1 saturated heterocycles. The second-order valence-corrected chi connectivity index (χ2v) is 5.54. The summed E-state index contributed by atoms with van der Waals surface area (Å²) >= 11 is 0. The normalized spacial score (nSPS) is 30.9. The SMILES string of the molecule is COc1ccc(C2C3C(N)C3CN2C(C)=O)c(OC)c1. The lowest BCUT2D eigenvalue weighted by Gasteiger charge is -2.29. The molecule has 4 unspecified atom stereocenters. The Morgan fingerprint density at radius 3 is 2.70 bits per heavy atom. The molecule has 5 heteroatoms. The van der Waals surface area contributed by atoms with Gasteiger partial charge in [0.2, 0.25) is 5.91 Å². The number of rotatable bonds is 3. The van der Waals surface area contributed by atoms with Gasteiger partial charge in [0.15, 0.2) is 0 Å². The average molecular weight is 276 g/mol. The second-order valence-electron chi connectivity index (χ2n) is 5.54. The van der Waals surface area contributed by atoms with Crippen molar-refractivity contribution in [1.82, 2.24) is 4.90 Å². The zero-order valence-electron chi connectivity index (χ0n) is 12.0. The highest BCUT2D eigenvalue weighted by Gasteiger charge is 2.61. The Hall–Kier alpha value is -1.75. The van der Waals surface area contributed by atoms with Gasteiger partial charge in [-0.3, -0.25) is 4.79 Å². The van der Waals surface area contributed by atoms with Crippen molar-refractivity contribution in [2.45, 2.75) is 19.0 Å². The summed E-state index contributed by atoms with van der Waals surface area (Å²) < 4.78 is 10.7. The second kappa shape index (κ2) is 4.66. The molecule has 1 aromatic rings. The number of fused-ring (bicyclic) bond motifs is 1. The zero-order chi connectivity index (χ0) is 14.4. The van der Waals surface area contributed by atoms with E-state index in [2.05, 4.69) is 0 Å². The predicted octanol–water partition coefficient (Wildman–Crippen LogP) is 1.18. The Labute approximate surface area is 118 Å². The molecule has 2 N–H and O–H groups in total. The smallest absolute Gasteiger partial charge is 0.219 e. The number of benzene rings is 1. The summed E-state index contributed by atoms with van der Waals surface area (Å²) in [5.41, 5.74) is 7.12. The van der Waals surface area contributed by atoms with Crippen molar-refractivity contribution >= 4 is 5.91 Å². The molecule has 2 aliphatic rings. The molecule has 1 aliphatic heterocycles. The van der Waals surface area contributed by atoms with Gasteiger partial charge in [-0.2, -0.15) is 0 Å². The number of likely N-dealkylation sites (tertiary alicyclic amines) is 1. The summed E-state index contributed by atoms with van der Waals surface area (Å²) in [6.07, 6.45) is 0. The van der Waals surface area contributed by atoms with Gasteiger partial charge in [0.25, 0.3) is 0 Å². The molecule has 5 nitrogen and oxygen atoms in total. The Bertz CT molecular complexity index is 546. The van der Waals surface area contributed by atoms with Crippen LogP contribution in [-0.4, -0.2) is 37.6 Å². The quantitative estimate of drug-likeness (QED) is 0.900. The van der Waals surface area contributed by atoms with Gasteiger partial charge in [-0.05, 0) is 18.1 Å². The molecular weight excluding hydrogens is 256 g/mol. The van der Waals surface area contributed by atoms with Crippen LogP contribution in [0.25, 0.3) is 0 Å². The monoisotopic (exact) mass is 276 g/mol. The maximum Gasteiger partial charge on any atom is 0.219 e. The minimum Gasteiger partial charge on any atom is -0.497 e. The molecule has 108 valence electrons. The molecule has 3 rings (SSSR count). The maximum absolute atomic E-state index is 11.8. The van der Waals surface area contributed by atoms with E-state index >= 15 is 0 Å². The number of ether oxygens (including phenoxy) is 2. The zero-order valence-corrected chi connectivity index (χ0v) is 12.0. The Kier molecular flexibility index (Phi) is 3.09. The van der Waals surface area contributed by atoms with E-state index in [1.165, 1.54) is 0 Å². The van der Waals surface area contributed by atoms with E-state index in [4.69, 9.17) is 15.2 Å². The molecule has 2 fully saturated rings. The number of hydrogen-bond acceptors (Lipinski definition) is 4. The fraction of sp³-hybridized carbons (Fsp3) is 0.533. The fourth-order valence-electron chi connectivity index (χ4n) is 3.43. The third-order valence-corrected chi connectivity index (χ3v) is 4.56. The standard InChI is InChI=1S/C15H20N2O3/c1-8(18)17-7-11-13(14(11)16)15(17)10-5-4-9(19-2)6-12(10)20-3/h4-6,11,13-15H,7,16H2,1-3H3. The molecular formula is C15H20N2O3. The molecule has 20 heavy (non-hydrogen) atoms. The molecule has 4 atom stereocenters. The third-order valence-electron chi connectivity index (χ3n) is 4.56. The average Bonchev–Trinajstić information content (AvgIpc) is 2.90. The summed E-state index contributed by atoms with van der Waals surface area (Å²) in [5.74, 6) is 2.36. The van der Waals surface area contributed by atoms with Gasteiger partial charge >= 0.3 is 0 Å². The number of hydrogen-bond donors (Lipinski definition) is 1. The minimum atomic E-state index is 0.0216. The van der Waals surface area contributed by atoms with Gasteiger partial charge < -0.3 is 20.1 Å². The van der Waals surface area contributed by atoms with Gasteiger partial charge in [0.05, 0.1) is 20.3 Å². The first-order valence-corrected chi connectivity index (χ1v) is 6.83. The van der Waals surface area contributed by atoms with Crippen LogP contribution in [0.4, 0.5) is 0 Å². The van der Waals surface area contributed by atoms with Crippen LogP contribution in [0.2, 0.25) is 0 Å². The van der Waals surface area contributed by atoms with Crippen LogP contribution in [-0.2, 0) is 4.79 Å². The van der Waals surface area contributed by atoms with E-state index in [9.17, 15) is 4.79 Å². The van der Waals surface area contributed by atoms with Gasteiger partial charge in [-0.15, -0.1) is 0 Å². The van der Waals surface area contributed by atoms with Crippen molar-refractivity contribution in [2.75, 3.05) is 20.8 Å². The van der Waals surface area contributed by atoms with Crippen LogP contribution >= 0.6 is 0 Å². The number of piperidine rings is 1. The highest BCUT2D eigenvalue weighted by Crippen LogP contribution is 2.57. The van der Waals surface area contributed by atoms with E-state index in [1.807, 2.05) is 23.1 Å². The van der Waals surface area contributed by atoms with Crippen LogP contribution in [0.1, 0.15) is 18.5 Å². The lowest BCUT2D eigenvalue weighted by Crippen LogP contribution is -2.35. The molecule has 1 saturated carbocycles. The summed E-state index contributed by atoms with van der Waals surface area (Å²) in [6.45, 7) is 2.36. The van der Waals surface area contributed by atoms with Crippen LogP contribution in [0.15, 0.2) is 18.2 Å². The van der Waals surface area contributed by atoms with Crippen molar-refractivity contribution in [1.29, 1.82) is 0 Å². The lowest BCUT2D eigenvalue weighted by molar-refractivity contribution is -0.130. The molecule has 1 amide bonds. The van der Waals surface area contributed by atoms with Crippen molar-refractivity contribution in [2.24, 2.45) is 17.6 Å². The topological polar surface area (TPSA) is 64.8 Å². The highest BCUT2D eigenvalue weighted by atomic mass is 16.5. The predicted molar refractivity (Wildman–Crippen MR) is 74.6 cm³/mol. The van der Waals surface area contributed by atoms with Crippen LogP contribution in [0.3, 0.4) is 0 Å². The van der Waals surface area contributed by atoms with E-state index < -0.39 is 0 Å². The first-order valence-electron chi connectivity index (χ1n) is 6.83. The van der Waals surface area contributed by atoms with Crippen molar-refractivity contribution in [3.05, 3.63) is 23.8 Å². The maximum atomic E-state index is 11.8. The lowest BCUT2D eigenvalue weighted by atomic mass is 10.00. The van der Waals surface area contributed by atoms with Crippen molar-refractivity contribution < 1.29 is 14.3 Å². The molecule has 0 bridgehead atoms. The van der Waals surface area contributed by atoms with E-state index in [1.54, 1.807) is 21.1 Å². The Morgan fingerprint density at radius 2 is 2.10 bits per heavy atom. The van der Waals surface area contributed by atoms with E-state index in [0.717, 1.165) is 23.6 Å². The van der Waals surface area contributed by atoms with Gasteiger partial charge in [0, 0.05) is 37.1 Å². The van der Waals surface area contributed by atoms with Crippen LogP contribution < -0.4 is 15.2 Å². The fourth-order valence-corrected chi connectivity index (χ4v) is 3.43. The van der Waals surface area contributed by atoms with Gasteiger partial charge in [-0.25, -0.2) is 0 Å². The number of nitrogens with zero attached hydrogens (tertiary/aromatic N) is 1. The van der Waals surface area contributed by atoms with Crippen LogP contribution in [0, 0.1) is 11.8 Å². The summed E-state index contributed by atoms with van der Waals surface area (Å²) in [7, 11) is 3.26. The molecule has 0 spiro atoms. The molecule has 1 aliphatic carbocycles. The minimum absolute atomic E-state index is 0.0216. The number of carbonyl (C=O) groups excluding carboxylic acids is 1. The molecule has 1 aromatic carbocycles. The Morgan fingerprint density at radius 1 is 1.35 bits per heavy atom. The van der Waals surface area contributed by atoms with Gasteiger partial charge in [0.1, 0.15) is 11.5 Å². The first-order chi connectivity index (χ1) is 9.58. The summed E-state index contributed by atoms with van der Waals surface area (Å²) in [5, 5.41) is 0. The van der Waals surface area contributed by atoms with Crippen molar-refractivity contribution in [3.8, 4) is 11.5 Å². The number of nitrogens with two attached hydrogens (primary N) is 1. The van der Waals surface area contributed by atoms with Crippen LogP contribution in [0.5, 0.6) is 11.5 Å². The molecule has 1 heterocycles. The first kappa shape index (κ1) is 13.2. The molecule has 0 radical (unpaired) electrons. The highest BCUT2D eigenvalue weighted by molar-refractivity contribution is 5.75. The summed E-state index contributed by atoms with van der Waals surface area (Å²) in [6, 6.07) is 5.95.